The molecule has 5 nitrogen and oxygen atoms in total. The van der Waals surface area contributed by atoms with E-state index >= 15 is 0 Å². The highest BCUT2D eigenvalue weighted by molar-refractivity contribution is 14.0. The Morgan fingerprint density at radius 1 is 1.33 bits per heavy atom. The van der Waals surface area contributed by atoms with Gasteiger partial charge in [-0.1, -0.05) is 0 Å². The number of rotatable bonds is 8. The number of nitrogens with zero attached hydrogens (tertiary/aromatic N) is 1. The third-order valence-electron chi connectivity index (χ3n) is 3.18. The quantitative estimate of drug-likeness (QED) is 0.278. The molecule has 21 heavy (non-hydrogen) atoms. The van der Waals surface area contributed by atoms with E-state index in [9.17, 15) is 0 Å². The van der Waals surface area contributed by atoms with Gasteiger partial charge in [-0.3, -0.25) is 4.99 Å². The average molecular weight is 413 g/mol. The minimum Gasteiger partial charge on any atom is -0.381 e. The molecule has 0 atom stereocenters. The Balaban J connectivity index is 0.00000400. The van der Waals surface area contributed by atoms with Gasteiger partial charge in [0.05, 0.1) is 0 Å². The zero-order valence-corrected chi connectivity index (χ0v) is 16.0. The van der Waals surface area contributed by atoms with Crippen LogP contribution < -0.4 is 10.6 Å². The molecule has 0 aromatic carbocycles. The molecule has 126 valence electrons. The third kappa shape index (κ3) is 11.2. The van der Waals surface area contributed by atoms with Crippen LogP contribution in [0.15, 0.2) is 4.99 Å². The van der Waals surface area contributed by atoms with Crippen molar-refractivity contribution in [2.75, 3.05) is 39.5 Å². The van der Waals surface area contributed by atoms with E-state index in [1.54, 1.807) is 0 Å². The van der Waals surface area contributed by atoms with Crippen LogP contribution in [0.1, 0.15) is 40.0 Å². The highest BCUT2D eigenvalue weighted by Gasteiger charge is 2.13. The lowest BCUT2D eigenvalue weighted by Crippen LogP contribution is -2.41. The zero-order valence-electron chi connectivity index (χ0n) is 13.7. The molecule has 0 aliphatic carbocycles. The molecule has 1 heterocycles. The molecule has 1 saturated heterocycles. The molecule has 0 bridgehead atoms. The molecular formula is C15H32IN3O2. The molecule has 2 N–H and O–H groups in total. The van der Waals surface area contributed by atoms with Gasteiger partial charge in [-0.25, -0.2) is 0 Å². The first kappa shape index (κ1) is 20.9. The van der Waals surface area contributed by atoms with E-state index in [0.717, 1.165) is 64.7 Å². The Bertz CT molecular complexity index is 270. The van der Waals surface area contributed by atoms with Crippen molar-refractivity contribution in [2.45, 2.75) is 46.1 Å². The second-order valence-electron chi connectivity index (χ2n) is 5.54. The van der Waals surface area contributed by atoms with Gasteiger partial charge in [-0.15, -0.1) is 24.0 Å². The Kier molecular flexibility index (Phi) is 13.5. The number of hydrogen-bond acceptors (Lipinski definition) is 3. The summed E-state index contributed by atoms with van der Waals surface area (Å²) in [5.74, 6) is 1.58. The van der Waals surface area contributed by atoms with Gasteiger partial charge in [-0.2, -0.15) is 0 Å². The van der Waals surface area contributed by atoms with Crippen LogP contribution in [0.2, 0.25) is 0 Å². The third-order valence-corrected chi connectivity index (χ3v) is 3.18. The molecule has 0 saturated carbocycles. The molecule has 0 aromatic heterocycles. The van der Waals surface area contributed by atoms with E-state index < -0.39 is 0 Å². The molecule has 0 amide bonds. The predicted molar refractivity (Wildman–Crippen MR) is 98.6 cm³/mol. The van der Waals surface area contributed by atoms with Crippen LogP contribution in [0, 0.1) is 5.92 Å². The molecule has 0 unspecified atom stereocenters. The van der Waals surface area contributed by atoms with Gasteiger partial charge in [0, 0.05) is 45.6 Å². The van der Waals surface area contributed by atoms with Crippen LogP contribution in [0.5, 0.6) is 0 Å². The summed E-state index contributed by atoms with van der Waals surface area (Å²) in [4.78, 5) is 4.53. The molecule has 1 aliphatic heterocycles. The monoisotopic (exact) mass is 413 g/mol. The number of aliphatic imine (C=N–C) groups is 1. The topological polar surface area (TPSA) is 54.9 Å². The lowest BCUT2D eigenvalue weighted by atomic mass is 10.0. The predicted octanol–water partition coefficient (Wildman–Crippen LogP) is 2.40. The number of nitrogens with one attached hydrogen (secondary N) is 2. The van der Waals surface area contributed by atoms with Crippen molar-refractivity contribution in [3.63, 3.8) is 0 Å². The summed E-state index contributed by atoms with van der Waals surface area (Å²) in [5, 5.41) is 6.55. The standard InChI is InChI=1S/C15H31N3O2.HI/c1-4-16-15(18-13(2)3)17-8-5-9-20-12-14-6-10-19-11-7-14;/h13-14H,4-12H2,1-3H3,(H2,16,17,18);1H. The van der Waals surface area contributed by atoms with Crippen LogP contribution in [0.3, 0.4) is 0 Å². The maximum absolute atomic E-state index is 5.73. The van der Waals surface area contributed by atoms with Crippen LogP contribution in [-0.2, 0) is 9.47 Å². The number of halogens is 1. The van der Waals surface area contributed by atoms with Gasteiger partial charge < -0.3 is 20.1 Å². The Morgan fingerprint density at radius 3 is 2.67 bits per heavy atom. The summed E-state index contributed by atoms with van der Waals surface area (Å²) in [7, 11) is 0. The maximum atomic E-state index is 5.73. The first-order valence-corrected chi connectivity index (χ1v) is 7.92. The molecular weight excluding hydrogens is 381 g/mol. The normalized spacial score (nSPS) is 16.7. The highest BCUT2D eigenvalue weighted by atomic mass is 127. The fourth-order valence-corrected chi connectivity index (χ4v) is 2.11. The fourth-order valence-electron chi connectivity index (χ4n) is 2.11. The fraction of sp³-hybridized carbons (Fsp3) is 0.933. The summed E-state index contributed by atoms with van der Waals surface area (Å²) in [6.45, 7) is 11.5. The highest BCUT2D eigenvalue weighted by Crippen LogP contribution is 2.14. The van der Waals surface area contributed by atoms with Gasteiger partial charge in [0.2, 0.25) is 0 Å². The van der Waals surface area contributed by atoms with Crippen LogP contribution in [0.25, 0.3) is 0 Å². The number of hydrogen-bond donors (Lipinski definition) is 2. The first-order chi connectivity index (χ1) is 9.72. The van der Waals surface area contributed by atoms with Gasteiger partial charge in [-0.05, 0) is 46.0 Å². The van der Waals surface area contributed by atoms with E-state index in [2.05, 4.69) is 36.4 Å². The van der Waals surface area contributed by atoms with E-state index in [1.807, 2.05) is 0 Å². The summed E-state index contributed by atoms with van der Waals surface area (Å²) >= 11 is 0. The Hall–Kier alpha value is -0.0800. The van der Waals surface area contributed by atoms with Gasteiger partial charge in [0.15, 0.2) is 5.96 Å². The molecule has 0 radical (unpaired) electrons. The van der Waals surface area contributed by atoms with Crippen LogP contribution in [0.4, 0.5) is 0 Å². The average Bonchev–Trinajstić information content (AvgIpc) is 2.43. The molecule has 6 heteroatoms. The minimum atomic E-state index is 0. The first-order valence-electron chi connectivity index (χ1n) is 7.92. The van der Waals surface area contributed by atoms with Crippen molar-refractivity contribution >= 4 is 29.9 Å². The minimum absolute atomic E-state index is 0. The lowest BCUT2D eigenvalue weighted by Gasteiger charge is -2.21. The van der Waals surface area contributed by atoms with Crippen molar-refractivity contribution in [3.8, 4) is 0 Å². The largest absolute Gasteiger partial charge is 0.381 e. The molecule has 0 spiro atoms. The Morgan fingerprint density at radius 2 is 2.05 bits per heavy atom. The molecule has 1 aliphatic rings. The molecule has 0 aromatic rings. The SMILES string of the molecule is CCNC(=NCCCOCC1CCOCC1)NC(C)C.I. The smallest absolute Gasteiger partial charge is 0.191 e. The van der Waals surface area contributed by atoms with Gasteiger partial charge >= 0.3 is 0 Å². The van der Waals surface area contributed by atoms with E-state index in [4.69, 9.17) is 9.47 Å². The zero-order chi connectivity index (χ0) is 14.6. The maximum Gasteiger partial charge on any atom is 0.191 e. The summed E-state index contributed by atoms with van der Waals surface area (Å²) in [6, 6.07) is 0.401. The molecule has 1 fully saturated rings. The van der Waals surface area contributed by atoms with Crippen molar-refractivity contribution < 1.29 is 9.47 Å². The van der Waals surface area contributed by atoms with Crippen molar-refractivity contribution in [1.29, 1.82) is 0 Å². The van der Waals surface area contributed by atoms with E-state index in [1.165, 1.54) is 0 Å². The number of guanidine groups is 1. The lowest BCUT2D eigenvalue weighted by molar-refractivity contribution is 0.0205. The summed E-state index contributed by atoms with van der Waals surface area (Å²) in [5.41, 5.74) is 0. The second-order valence-corrected chi connectivity index (χ2v) is 5.54. The van der Waals surface area contributed by atoms with Crippen LogP contribution in [-0.4, -0.2) is 51.5 Å². The van der Waals surface area contributed by atoms with Crippen molar-refractivity contribution in [1.82, 2.24) is 10.6 Å². The van der Waals surface area contributed by atoms with Crippen molar-refractivity contribution in [2.24, 2.45) is 10.9 Å². The molecule has 1 rings (SSSR count). The van der Waals surface area contributed by atoms with Crippen LogP contribution >= 0.6 is 24.0 Å². The summed E-state index contributed by atoms with van der Waals surface area (Å²) in [6.07, 6.45) is 3.25. The second kappa shape index (κ2) is 13.6. The summed E-state index contributed by atoms with van der Waals surface area (Å²) < 4.78 is 11.1. The Labute approximate surface area is 146 Å². The van der Waals surface area contributed by atoms with E-state index in [0.29, 0.717) is 12.0 Å². The van der Waals surface area contributed by atoms with Gasteiger partial charge in [0.1, 0.15) is 0 Å². The van der Waals surface area contributed by atoms with Gasteiger partial charge in [0.25, 0.3) is 0 Å². The van der Waals surface area contributed by atoms with E-state index in [-0.39, 0.29) is 24.0 Å². The van der Waals surface area contributed by atoms with Crippen molar-refractivity contribution in [3.05, 3.63) is 0 Å². The number of ether oxygens (including phenoxy) is 2.